The lowest BCUT2D eigenvalue weighted by atomic mass is 10.0. The number of ether oxygens (including phenoxy) is 2. The van der Waals surface area contributed by atoms with E-state index in [1.165, 1.54) is 7.11 Å². The molecule has 100 valence electrons. The van der Waals surface area contributed by atoms with Crippen molar-refractivity contribution < 1.29 is 19.1 Å². The highest BCUT2D eigenvalue weighted by atomic mass is 16.5. The molecular formula is C12H23NO4. The first-order chi connectivity index (χ1) is 7.92. The number of hydrogen-bond donors (Lipinski definition) is 1. The van der Waals surface area contributed by atoms with Crippen LogP contribution in [0.5, 0.6) is 0 Å². The van der Waals surface area contributed by atoms with E-state index in [9.17, 15) is 9.59 Å². The fraction of sp³-hybridized carbons (Fsp3) is 0.833. The van der Waals surface area contributed by atoms with Crippen molar-refractivity contribution in [2.24, 2.45) is 5.92 Å². The molecule has 0 heterocycles. The van der Waals surface area contributed by atoms with E-state index in [1.54, 1.807) is 13.8 Å². The van der Waals surface area contributed by atoms with E-state index in [1.807, 2.05) is 13.8 Å². The molecule has 0 aliphatic rings. The fourth-order valence-corrected chi connectivity index (χ4v) is 1.48. The maximum Gasteiger partial charge on any atom is 0.322 e. The largest absolute Gasteiger partial charge is 0.468 e. The topological polar surface area (TPSA) is 64.6 Å². The van der Waals surface area contributed by atoms with Crippen molar-refractivity contribution in [1.82, 2.24) is 5.32 Å². The molecule has 17 heavy (non-hydrogen) atoms. The molecule has 0 saturated carbocycles. The van der Waals surface area contributed by atoms with Crippen LogP contribution in [0.4, 0.5) is 0 Å². The van der Waals surface area contributed by atoms with Crippen molar-refractivity contribution in [2.75, 3.05) is 13.7 Å². The normalized spacial score (nSPS) is 14.2. The van der Waals surface area contributed by atoms with Gasteiger partial charge in [-0.15, -0.1) is 0 Å². The summed E-state index contributed by atoms with van der Waals surface area (Å²) < 4.78 is 9.57. The summed E-state index contributed by atoms with van der Waals surface area (Å²) in [5.41, 5.74) is 0. The van der Waals surface area contributed by atoms with Crippen LogP contribution in [0.15, 0.2) is 0 Å². The minimum Gasteiger partial charge on any atom is -0.468 e. The molecule has 2 unspecified atom stereocenters. The Bertz CT molecular complexity index is 253. The predicted molar refractivity (Wildman–Crippen MR) is 64.5 cm³/mol. The van der Waals surface area contributed by atoms with Gasteiger partial charge in [-0.25, -0.2) is 0 Å². The number of nitrogens with one attached hydrogen (secondary N) is 1. The lowest BCUT2D eigenvalue weighted by Crippen LogP contribution is -2.47. The van der Waals surface area contributed by atoms with Gasteiger partial charge in [0.25, 0.3) is 0 Å². The molecule has 0 aromatic carbocycles. The zero-order valence-corrected chi connectivity index (χ0v) is 11.3. The summed E-state index contributed by atoms with van der Waals surface area (Å²) in [5, 5.41) is 2.93. The molecule has 0 rings (SSSR count). The number of rotatable bonds is 7. The second kappa shape index (κ2) is 8.06. The SMILES string of the molecule is CCOC(=O)C(C)NC(CC(C)C)C(=O)OC. The number of carbonyl (C=O) groups excluding carboxylic acids is 2. The van der Waals surface area contributed by atoms with Crippen LogP contribution >= 0.6 is 0 Å². The smallest absolute Gasteiger partial charge is 0.322 e. The van der Waals surface area contributed by atoms with Crippen molar-refractivity contribution in [2.45, 2.75) is 46.2 Å². The van der Waals surface area contributed by atoms with Crippen LogP contribution in [0.3, 0.4) is 0 Å². The molecule has 0 radical (unpaired) electrons. The highest BCUT2D eigenvalue weighted by Crippen LogP contribution is 2.07. The molecule has 0 aromatic rings. The van der Waals surface area contributed by atoms with E-state index >= 15 is 0 Å². The van der Waals surface area contributed by atoms with Gasteiger partial charge < -0.3 is 9.47 Å². The first kappa shape index (κ1) is 15.9. The Morgan fingerprint density at radius 2 is 1.76 bits per heavy atom. The average molecular weight is 245 g/mol. The first-order valence-corrected chi connectivity index (χ1v) is 5.92. The Hall–Kier alpha value is -1.10. The van der Waals surface area contributed by atoms with Gasteiger partial charge in [-0.1, -0.05) is 13.8 Å². The monoisotopic (exact) mass is 245 g/mol. The molecule has 1 N–H and O–H groups in total. The van der Waals surface area contributed by atoms with Crippen LogP contribution in [-0.4, -0.2) is 37.7 Å². The standard InChI is InChI=1S/C12H23NO4/c1-6-17-11(14)9(4)13-10(7-8(2)3)12(15)16-5/h8-10,13H,6-7H2,1-5H3. The lowest BCUT2D eigenvalue weighted by molar-refractivity contribution is -0.147. The second-order valence-corrected chi connectivity index (χ2v) is 4.35. The molecule has 5 nitrogen and oxygen atoms in total. The summed E-state index contributed by atoms with van der Waals surface area (Å²) in [7, 11) is 1.34. The Balaban J connectivity index is 4.41. The average Bonchev–Trinajstić information content (AvgIpc) is 2.26. The van der Waals surface area contributed by atoms with Crippen LogP contribution in [-0.2, 0) is 19.1 Å². The molecule has 0 fully saturated rings. The maximum absolute atomic E-state index is 11.5. The third-order valence-corrected chi connectivity index (χ3v) is 2.28. The van der Waals surface area contributed by atoms with Gasteiger partial charge >= 0.3 is 11.9 Å². The van der Waals surface area contributed by atoms with Crippen LogP contribution < -0.4 is 5.32 Å². The molecule has 5 heteroatoms. The molecule has 0 spiro atoms. The molecule has 2 atom stereocenters. The summed E-state index contributed by atoms with van der Waals surface area (Å²) in [6.07, 6.45) is 0.621. The van der Waals surface area contributed by atoms with Gasteiger partial charge in [-0.2, -0.15) is 0 Å². The zero-order chi connectivity index (χ0) is 13.4. The Morgan fingerprint density at radius 1 is 1.18 bits per heavy atom. The third kappa shape index (κ3) is 6.26. The quantitative estimate of drug-likeness (QED) is 0.681. The molecule has 0 aliphatic heterocycles. The van der Waals surface area contributed by atoms with Crippen molar-refractivity contribution >= 4 is 11.9 Å². The maximum atomic E-state index is 11.5. The molecular weight excluding hydrogens is 222 g/mol. The van der Waals surface area contributed by atoms with Crippen LogP contribution in [0.2, 0.25) is 0 Å². The van der Waals surface area contributed by atoms with Gasteiger partial charge in [-0.3, -0.25) is 14.9 Å². The van der Waals surface area contributed by atoms with Crippen molar-refractivity contribution in [1.29, 1.82) is 0 Å². The van der Waals surface area contributed by atoms with Crippen molar-refractivity contribution in [3.63, 3.8) is 0 Å². The molecule has 0 bridgehead atoms. The summed E-state index contributed by atoms with van der Waals surface area (Å²) in [6.45, 7) is 7.77. The van der Waals surface area contributed by atoms with E-state index in [0.29, 0.717) is 18.9 Å². The van der Waals surface area contributed by atoms with Crippen LogP contribution in [0.1, 0.15) is 34.1 Å². The zero-order valence-electron chi connectivity index (χ0n) is 11.3. The fourth-order valence-electron chi connectivity index (χ4n) is 1.48. The minimum absolute atomic E-state index is 0.331. The molecule has 0 amide bonds. The van der Waals surface area contributed by atoms with E-state index in [-0.39, 0.29) is 11.9 Å². The number of hydrogen-bond acceptors (Lipinski definition) is 5. The summed E-state index contributed by atoms with van der Waals surface area (Å²) in [5.74, 6) is -0.374. The first-order valence-electron chi connectivity index (χ1n) is 5.92. The summed E-state index contributed by atoms with van der Waals surface area (Å²) >= 11 is 0. The highest BCUT2D eigenvalue weighted by Gasteiger charge is 2.25. The lowest BCUT2D eigenvalue weighted by Gasteiger charge is -2.21. The highest BCUT2D eigenvalue weighted by molar-refractivity contribution is 5.79. The van der Waals surface area contributed by atoms with E-state index in [4.69, 9.17) is 9.47 Å². The summed E-state index contributed by atoms with van der Waals surface area (Å²) in [4.78, 5) is 23.0. The van der Waals surface area contributed by atoms with Crippen LogP contribution in [0, 0.1) is 5.92 Å². The van der Waals surface area contributed by atoms with Gasteiger partial charge in [-0.05, 0) is 26.2 Å². The van der Waals surface area contributed by atoms with Gasteiger partial charge in [0.15, 0.2) is 0 Å². The number of esters is 2. The van der Waals surface area contributed by atoms with E-state index < -0.39 is 12.1 Å². The predicted octanol–water partition coefficient (Wildman–Crippen LogP) is 1.12. The Morgan fingerprint density at radius 3 is 2.18 bits per heavy atom. The number of methoxy groups -OCH3 is 1. The third-order valence-electron chi connectivity index (χ3n) is 2.28. The summed E-state index contributed by atoms with van der Waals surface area (Å²) in [6, 6.07) is -0.989. The van der Waals surface area contributed by atoms with Crippen molar-refractivity contribution in [3.05, 3.63) is 0 Å². The second-order valence-electron chi connectivity index (χ2n) is 4.35. The van der Waals surface area contributed by atoms with Gasteiger partial charge in [0.1, 0.15) is 12.1 Å². The molecule has 0 aromatic heterocycles. The van der Waals surface area contributed by atoms with Crippen molar-refractivity contribution in [3.8, 4) is 0 Å². The Labute approximate surface area is 103 Å². The molecule has 0 saturated heterocycles. The Kier molecular flexibility index (Phi) is 7.54. The van der Waals surface area contributed by atoms with Gasteiger partial charge in [0.05, 0.1) is 13.7 Å². The van der Waals surface area contributed by atoms with E-state index in [0.717, 1.165) is 0 Å². The van der Waals surface area contributed by atoms with Crippen LogP contribution in [0.25, 0.3) is 0 Å². The van der Waals surface area contributed by atoms with Gasteiger partial charge in [0.2, 0.25) is 0 Å². The molecule has 0 aliphatic carbocycles. The van der Waals surface area contributed by atoms with Gasteiger partial charge in [0, 0.05) is 0 Å². The van der Waals surface area contributed by atoms with E-state index in [2.05, 4.69) is 5.32 Å². The number of carbonyl (C=O) groups is 2. The minimum atomic E-state index is -0.516.